The number of aromatic amines is 1. The SMILES string of the molecule is CC1CCC(c2nc(=S)c3c([nH]2)CCCC3)CC1. The minimum atomic E-state index is 0.620. The van der Waals surface area contributed by atoms with Crippen LogP contribution in [0.25, 0.3) is 0 Å². The van der Waals surface area contributed by atoms with Crippen molar-refractivity contribution in [1.29, 1.82) is 0 Å². The van der Waals surface area contributed by atoms with E-state index in [-0.39, 0.29) is 0 Å². The molecule has 0 saturated heterocycles. The van der Waals surface area contributed by atoms with Gasteiger partial charge in [0.15, 0.2) is 0 Å². The third kappa shape index (κ3) is 2.37. The fourth-order valence-corrected chi connectivity index (χ4v) is 3.69. The van der Waals surface area contributed by atoms with Gasteiger partial charge in [-0.05, 0) is 44.4 Å². The lowest BCUT2D eigenvalue weighted by Gasteiger charge is -2.26. The first kappa shape index (κ1) is 12.3. The molecule has 1 N–H and O–H groups in total. The van der Waals surface area contributed by atoms with Gasteiger partial charge in [-0.15, -0.1) is 0 Å². The van der Waals surface area contributed by atoms with E-state index in [4.69, 9.17) is 17.2 Å². The number of aromatic nitrogens is 2. The average molecular weight is 262 g/mol. The zero-order valence-electron chi connectivity index (χ0n) is 11.2. The number of fused-ring (bicyclic) bond motifs is 1. The van der Waals surface area contributed by atoms with E-state index < -0.39 is 0 Å². The summed E-state index contributed by atoms with van der Waals surface area (Å²) in [5.41, 5.74) is 2.71. The van der Waals surface area contributed by atoms with Crippen molar-refractivity contribution < 1.29 is 0 Å². The van der Waals surface area contributed by atoms with Gasteiger partial charge in [0.1, 0.15) is 10.5 Å². The Labute approximate surface area is 114 Å². The summed E-state index contributed by atoms with van der Waals surface area (Å²) in [6, 6.07) is 0. The Kier molecular flexibility index (Phi) is 3.51. The van der Waals surface area contributed by atoms with E-state index in [0.717, 1.165) is 23.4 Å². The summed E-state index contributed by atoms with van der Waals surface area (Å²) in [6.45, 7) is 2.36. The Morgan fingerprint density at radius 1 is 1.11 bits per heavy atom. The third-order valence-electron chi connectivity index (χ3n) is 4.63. The molecule has 0 atom stereocenters. The minimum Gasteiger partial charge on any atom is -0.347 e. The Morgan fingerprint density at radius 3 is 2.61 bits per heavy atom. The fourth-order valence-electron chi connectivity index (χ4n) is 3.37. The monoisotopic (exact) mass is 262 g/mol. The maximum absolute atomic E-state index is 5.49. The van der Waals surface area contributed by atoms with Crippen LogP contribution < -0.4 is 0 Å². The van der Waals surface area contributed by atoms with Crippen LogP contribution in [0.1, 0.15) is 68.4 Å². The molecule has 1 heterocycles. The number of H-pyrrole nitrogens is 1. The molecule has 1 saturated carbocycles. The van der Waals surface area contributed by atoms with Crippen molar-refractivity contribution in [2.24, 2.45) is 5.92 Å². The van der Waals surface area contributed by atoms with Crippen molar-refractivity contribution in [2.45, 2.75) is 64.2 Å². The predicted molar refractivity (Wildman–Crippen MR) is 76.4 cm³/mol. The molecule has 1 aromatic rings. The number of nitrogens with one attached hydrogen (secondary N) is 1. The number of hydrogen-bond acceptors (Lipinski definition) is 2. The molecule has 3 heteroatoms. The van der Waals surface area contributed by atoms with Crippen LogP contribution in [0.2, 0.25) is 0 Å². The van der Waals surface area contributed by atoms with E-state index in [2.05, 4.69) is 11.9 Å². The highest BCUT2D eigenvalue weighted by molar-refractivity contribution is 7.71. The molecular weight excluding hydrogens is 240 g/mol. The summed E-state index contributed by atoms with van der Waals surface area (Å²) in [6.07, 6.45) is 10.1. The Bertz CT molecular complexity index is 484. The molecule has 2 aliphatic rings. The maximum Gasteiger partial charge on any atom is 0.133 e. The van der Waals surface area contributed by atoms with Crippen LogP contribution in [-0.4, -0.2) is 9.97 Å². The van der Waals surface area contributed by atoms with Gasteiger partial charge in [-0.3, -0.25) is 0 Å². The molecule has 0 aliphatic heterocycles. The van der Waals surface area contributed by atoms with E-state index in [0.29, 0.717) is 5.92 Å². The van der Waals surface area contributed by atoms with Crippen LogP contribution in [0.3, 0.4) is 0 Å². The van der Waals surface area contributed by atoms with Gasteiger partial charge >= 0.3 is 0 Å². The summed E-state index contributed by atoms with van der Waals surface area (Å²) in [4.78, 5) is 8.31. The van der Waals surface area contributed by atoms with Gasteiger partial charge in [0.2, 0.25) is 0 Å². The van der Waals surface area contributed by atoms with Crippen LogP contribution in [0.5, 0.6) is 0 Å². The molecular formula is C15H22N2S. The van der Waals surface area contributed by atoms with Gasteiger partial charge in [-0.25, -0.2) is 4.98 Å². The first-order valence-corrected chi connectivity index (χ1v) is 7.77. The van der Waals surface area contributed by atoms with Gasteiger partial charge in [0, 0.05) is 17.2 Å². The molecule has 0 bridgehead atoms. The molecule has 0 spiro atoms. The molecule has 1 fully saturated rings. The maximum atomic E-state index is 5.49. The number of hydrogen-bond donors (Lipinski definition) is 1. The second kappa shape index (κ2) is 5.12. The van der Waals surface area contributed by atoms with Gasteiger partial charge in [0.05, 0.1) is 0 Å². The summed E-state index contributed by atoms with van der Waals surface area (Å²) in [5, 5.41) is 0. The van der Waals surface area contributed by atoms with Crippen LogP contribution >= 0.6 is 12.2 Å². The highest BCUT2D eigenvalue weighted by Crippen LogP contribution is 2.34. The Morgan fingerprint density at radius 2 is 1.83 bits per heavy atom. The van der Waals surface area contributed by atoms with Crippen LogP contribution in [0.15, 0.2) is 0 Å². The number of aryl methyl sites for hydroxylation is 1. The van der Waals surface area contributed by atoms with Gasteiger partial charge < -0.3 is 4.98 Å². The van der Waals surface area contributed by atoms with Gasteiger partial charge in [-0.2, -0.15) is 0 Å². The van der Waals surface area contributed by atoms with E-state index in [1.807, 2.05) is 0 Å². The molecule has 0 aromatic carbocycles. The normalized spacial score (nSPS) is 27.8. The summed E-state index contributed by atoms with van der Waals surface area (Å²) in [7, 11) is 0. The quantitative estimate of drug-likeness (QED) is 0.764. The standard InChI is InChI=1S/C15H22N2S/c1-10-6-8-11(9-7-10)14-16-13-5-3-2-4-12(13)15(18)17-14/h10-11H,2-9H2,1H3,(H,16,17,18). The largest absolute Gasteiger partial charge is 0.347 e. The fraction of sp³-hybridized carbons (Fsp3) is 0.733. The highest BCUT2D eigenvalue weighted by Gasteiger charge is 2.23. The minimum absolute atomic E-state index is 0.620. The van der Waals surface area contributed by atoms with Crippen molar-refractivity contribution >= 4 is 12.2 Å². The predicted octanol–water partition coefficient (Wildman–Crippen LogP) is 4.31. The first-order chi connectivity index (χ1) is 8.74. The van der Waals surface area contributed by atoms with Crippen molar-refractivity contribution in [3.63, 3.8) is 0 Å². The first-order valence-electron chi connectivity index (χ1n) is 7.36. The van der Waals surface area contributed by atoms with E-state index in [1.54, 1.807) is 0 Å². The molecule has 98 valence electrons. The smallest absolute Gasteiger partial charge is 0.133 e. The van der Waals surface area contributed by atoms with Gasteiger partial charge in [0.25, 0.3) is 0 Å². The lowest BCUT2D eigenvalue weighted by atomic mass is 9.82. The molecule has 0 radical (unpaired) electrons. The summed E-state index contributed by atoms with van der Waals surface area (Å²) < 4.78 is 0.872. The molecule has 2 nitrogen and oxygen atoms in total. The van der Waals surface area contributed by atoms with Crippen LogP contribution in [-0.2, 0) is 12.8 Å². The zero-order valence-corrected chi connectivity index (χ0v) is 12.0. The second-order valence-corrected chi connectivity index (χ2v) is 6.43. The molecule has 1 aromatic heterocycles. The van der Waals surface area contributed by atoms with Gasteiger partial charge in [-0.1, -0.05) is 32.0 Å². The summed E-state index contributed by atoms with van der Waals surface area (Å²) in [5.74, 6) is 2.68. The zero-order chi connectivity index (χ0) is 12.5. The molecule has 3 rings (SSSR count). The molecule has 0 amide bonds. The number of rotatable bonds is 1. The van der Waals surface area contributed by atoms with Crippen molar-refractivity contribution in [1.82, 2.24) is 9.97 Å². The highest BCUT2D eigenvalue weighted by atomic mass is 32.1. The van der Waals surface area contributed by atoms with E-state index in [9.17, 15) is 0 Å². The average Bonchev–Trinajstić information content (AvgIpc) is 2.39. The molecule has 2 aliphatic carbocycles. The number of nitrogens with zero attached hydrogens (tertiary/aromatic N) is 1. The van der Waals surface area contributed by atoms with Crippen molar-refractivity contribution in [3.8, 4) is 0 Å². The third-order valence-corrected chi connectivity index (χ3v) is 4.97. The summed E-state index contributed by atoms with van der Waals surface area (Å²) >= 11 is 5.49. The van der Waals surface area contributed by atoms with E-state index >= 15 is 0 Å². The van der Waals surface area contributed by atoms with Crippen LogP contribution in [0, 0.1) is 10.6 Å². The lowest BCUT2D eigenvalue weighted by molar-refractivity contribution is 0.338. The Balaban J connectivity index is 1.89. The molecule has 18 heavy (non-hydrogen) atoms. The van der Waals surface area contributed by atoms with Crippen molar-refractivity contribution in [3.05, 3.63) is 21.7 Å². The van der Waals surface area contributed by atoms with Crippen molar-refractivity contribution in [2.75, 3.05) is 0 Å². The second-order valence-electron chi connectivity index (χ2n) is 6.05. The van der Waals surface area contributed by atoms with Crippen LogP contribution in [0.4, 0.5) is 0 Å². The lowest BCUT2D eigenvalue weighted by Crippen LogP contribution is -2.16. The topological polar surface area (TPSA) is 28.7 Å². The van der Waals surface area contributed by atoms with E-state index in [1.165, 1.54) is 55.6 Å². The molecule has 0 unspecified atom stereocenters. The Hall–Kier alpha value is -0.700.